The minimum Gasteiger partial charge on any atom is -0.304 e. The van der Waals surface area contributed by atoms with Gasteiger partial charge >= 0.3 is 0 Å². The number of hydrogen-bond acceptors (Lipinski definition) is 5. The normalized spacial score (nSPS) is 17.6. The summed E-state index contributed by atoms with van der Waals surface area (Å²) in [6, 6.07) is 5.10. The van der Waals surface area contributed by atoms with Crippen molar-refractivity contribution in [1.29, 1.82) is 0 Å². The van der Waals surface area contributed by atoms with Crippen LogP contribution in [0.4, 0.5) is 5.69 Å². The van der Waals surface area contributed by atoms with Gasteiger partial charge in [0.05, 0.1) is 9.40 Å². The quantitative estimate of drug-likeness (QED) is 0.672. The summed E-state index contributed by atoms with van der Waals surface area (Å²) < 4.78 is 0.557. The van der Waals surface area contributed by atoms with E-state index in [0.29, 0.717) is 11.0 Å². The van der Waals surface area contributed by atoms with E-state index in [0.717, 1.165) is 31.7 Å². The number of benzene rings is 1. The minimum absolute atomic E-state index is 0.109. The summed E-state index contributed by atoms with van der Waals surface area (Å²) in [7, 11) is 2.11. The summed E-state index contributed by atoms with van der Waals surface area (Å²) in [5.74, 6) is 0. The number of likely N-dealkylation sites (N-methyl/N-ethyl adjacent to an activating group) is 1. The summed E-state index contributed by atoms with van der Waals surface area (Å²) in [4.78, 5) is 12.8. The zero-order valence-electron chi connectivity index (χ0n) is 10.8. The van der Waals surface area contributed by atoms with Crippen LogP contribution in [-0.2, 0) is 6.54 Å². The van der Waals surface area contributed by atoms with E-state index in [-0.39, 0.29) is 10.6 Å². The molecule has 0 radical (unpaired) electrons. The molecule has 7 heteroatoms. The molecule has 1 N–H and O–H groups in total. The zero-order valence-corrected chi connectivity index (χ0v) is 12.4. The molecule has 19 heavy (non-hydrogen) atoms. The molecule has 1 aromatic carbocycles. The van der Waals surface area contributed by atoms with Crippen LogP contribution in [0.3, 0.4) is 0 Å². The highest BCUT2D eigenvalue weighted by Gasteiger charge is 2.17. The molecular formula is C12H17BrN4O2. The van der Waals surface area contributed by atoms with Crippen molar-refractivity contribution in [2.24, 2.45) is 0 Å². The predicted octanol–water partition coefficient (Wildman–Crippen LogP) is 1.61. The van der Waals surface area contributed by atoms with Gasteiger partial charge in [0, 0.05) is 38.8 Å². The lowest BCUT2D eigenvalue weighted by Gasteiger charge is -2.32. The van der Waals surface area contributed by atoms with Crippen LogP contribution in [0.2, 0.25) is 0 Å². The van der Waals surface area contributed by atoms with Crippen molar-refractivity contribution in [2.45, 2.75) is 6.54 Å². The van der Waals surface area contributed by atoms with Crippen LogP contribution in [-0.4, -0.2) is 48.1 Å². The van der Waals surface area contributed by atoms with Gasteiger partial charge in [-0.3, -0.25) is 15.5 Å². The number of rotatable bonds is 4. The number of hydrogen-bond donors (Lipinski definition) is 1. The standard InChI is InChI=1S/C12H17BrN4O2/c1-15-5-7-16(8-6-15)14-9-10-3-2-4-11(12(10)13)17(18)19/h2-4,14H,5-9H2,1H3. The first-order chi connectivity index (χ1) is 9.08. The van der Waals surface area contributed by atoms with Gasteiger partial charge < -0.3 is 4.90 Å². The van der Waals surface area contributed by atoms with Crippen molar-refractivity contribution in [1.82, 2.24) is 15.3 Å². The van der Waals surface area contributed by atoms with E-state index < -0.39 is 0 Å². The third-order valence-electron chi connectivity index (χ3n) is 3.25. The Bertz CT molecular complexity index is 461. The fourth-order valence-corrected chi connectivity index (χ4v) is 2.55. The van der Waals surface area contributed by atoms with E-state index in [4.69, 9.17) is 0 Å². The first-order valence-electron chi connectivity index (χ1n) is 6.16. The third-order valence-corrected chi connectivity index (χ3v) is 4.17. The average molecular weight is 329 g/mol. The Morgan fingerprint density at radius 3 is 2.68 bits per heavy atom. The molecule has 0 aliphatic carbocycles. The van der Waals surface area contributed by atoms with Gasteiger partial charge in [0.15, 0.2) is 0 Å². The maximum absolute atomic E-state index is 10.9. The molecule has 1 fully saturated rings. The van der Waals surface area contributed by atoms with Crippen molar-refractivity contribution in [2.75, 3.05) is 33.2 Å². The summed E-state index contributed by atoms with van der Waals surface area (Å²) in [6.45, 7) is 4.57. The third kappa shape index (κ3) is 3.73. The lowest BCUT2D eigenvalue weighted by molar-refractivity contribution is -0.385. The smallest absolute Gasteiger partial charge is 0.283 e. The van der Waals surface area contributed by atoms with Crippen molar-refractivity contribution in [3.05, 3.63) is 38.3 Å². The maximum atomic E-state index is 10.9. The number of nitro benzene ring substituents is 1. The van der Waals surface area contributed by atoms with E-state index in [9.17, 15) is 10.1 Å². The second-order valence-corrected chi connectivity index (χ2v) is 5.43. The summed E-state index contributed by atoms with van der Waals surface area (Å²) >= 11 is 3.31. The van der Waals surface area contributed by atoms with E-state index >= 15 is 0 Å². The monoisotopic (exact) mass is 328 g/mol. The van der Waals surface area contributed by atoms with E-state index in [2.05, 4.69) is 38.3 Å². The lowest BCUT2D eigenvalue weighted by Crippen LogP contribution is -2.50. The Labute approximate surface area is 120 Å². The van der Waals surface area contributed by atoms with Gasteiger partial charge in [-0.15, -0.1) is 0 Å². The predicted molar refractivity (Wildman–Crippen MR) is 76.7 cm³/mol. The van der Waals surface area contributed by atoms with Crippen LogP contribution in [0, 0.1) is 10.1 Å². The van der Waals surface area contributed by atoms with Gasteiger partial charge in [-0.25, -0.2) is 5.01 Å². The Hall–Kier alpha value is -1.02. The van der Waals surface area contributed by atoms with Crippen LogP contribution in [0.1, 0.15) is 5.56 Å². The van der Waals surface area contributed by atoms with Crippen LogP contribution in [0.15, 0.2) is 22.7 Å². The highest BCUT2D eigenvalue weighted by atomic mass is 79.9. The number of nitrogens with zero attached hydrogens (tertiary/aromatic N) is 3. The Morgan fingerprint density at radius 2 is 2.05 bits per heavy atom. The first kappa shape index (κ1) is 14.4. The van der Waals surface area contributed by atoms with E-state index in [1.54, 1.807) is 6.07 Å². The average Bonchev–Trinajstić information content (AvgIpc) is 2.39. The maximum Gasteiger partial charge on any atom is 0.283 e. The van der Waals surface area contributed by atoms with Crippen LogP contribution >= 0.6 is 15.9 Å². The van der Waals surface area contributed by atoms with Gasteiger partial charge in [0.1, 0.15) is 0 Å². The molecule has 0 unspecified atom stereocenters. The number of nitrogens with one attached hydrogen (secondary N) is 1. The van der Waals surface area contributed by atoms with Crippen molar-refractivity contribution < 1.29 is 4.92 Å². The molecular weight excluding hydrogens is 312 g/mol. The molecule has 1 heterocycles. The molecule has 0 spiro atoms. The van der Waals surface area contributed by atoms with Crippen molar-refractivity contribution >= 4 is 21.6 Å². The van der Waals surface area contributed by atoms with E-state index in [1.807, 2.05) is 6.07 Å². The van der Waals surface area contributed by atoms with E-state index in [1.165, 1.54) is 6.07 Å². The SMILES string of the molecule is CN1CCN(NCc2cccc([N+](=O)[O-])c2Br)CC1. The Balaban J connectivity index is 1.96. The topological polar surface area (TPSA) is 61.6 Å². The molecule has 1 aliphatic rings. The summed E-state index contributed by atoms with van der Waals surface area (Å²) in [6.07, 6.45) is 0. The van der Waals surface area contributed by atoms with Gasteiger partial charge in [0.2, 0.25) is 0 Å². The molecule has 1 aliphatic heterocycles. The molecule has 1 saturated heterocycles. The molecule has 0 saturated carbocycles. The van der Waals surface area contributed by atoms with Crippen molar-refractivity contribution in [3.8, 4) is 0 Å². The Kier molecular flexibility index (Phi) is 4.87. The molecule has 0 atom stereocenters. The number of nitro groups is 1. The number of piperazine rings is 1. The minimum atomic E-state index is -0.372. The fraction of sp³-hybridized carbons (Fsp3) is 0.500. The molecule has 0 amide bonds. The summed E-state index contributed by atoms with van der Waals surface area (Å²) in [5.41, 5.74) is 4.32. The second kappa shape index (κ2) is 6.42. The fourth-order valence-electron chi connectivity index (χ4n) is 2.01. The largest absolute Gasteiger partial charge is 0.304 e. The lowest BCUT2D eigenvalue weighted by atomic mass is 10.2. The highest BCUT2D eigenvalue weighted by Crippen LogP contribution is 2.28. The van der Waals surface area contributed by atoms with Crippen molar-refractivity contribution in [3.63, 3.8) is 0 Å². The first-order valence-corrected chi connectivity index (χ1v) is 6.96. The van der Waals surface area contributed by atoms with Crippen LogP contribution in [0.25, 0.3) is 0 Å². The highest BCUT2D eigenvalue weighted by molar-refractivity contribution is 9.10. The van der Waals surface area contributed by atoms with Gasteiger partial charge in [-0.1, -0.05) is 12.1 Å². The Morgan fingerprint density at radius 1 is 1.37 bits per heavy atom. The summed E-state index contributed by atoms with van der Waals surface area (Å²) in [5, 5.41) is 13.0. The molecule has 1 aromatic rings. The number of hydrazine groups is 1. The van der Waals surface area contributed by atoms with Crippen LogP contribution < -0.4 is 5.43 Å². The molecule has 0 aromatic heterocycles. The zero-order chi connectivity index (χ0) is 13.8. The second-order valence-electron chi connectivity index (χ2n) is 4.63. The number of halogens is 1. The van der Waals surface area contributed by atoms with Gasteiger partial charge in [-0.2, -0.15) is 0 Å². The van der Waals surface area contributed by atoms with Gasteiger partial charge in [0.25, 0.3) is 5.69 Å². The van der Waals surface area contributed by atoms with Gasteiger partial charge in [-0.05, 0) is 28.5 Å². The molecule has 104 valence electrons. The molecule has 2 rings (SSSR count). The molecule has 6 nitrogen and oxygen atoms in total. The van der Waals surface area contributed by atoms with Crippen LogP contribution in [0.5, 0.6) is 0 Å². The molecule has 0 bridgehead atoms.